The molecule has 1 aromatic carbocycles. The molecular weight excluding hydrogens is 300 g/mol. The van der Waals surface area contributed by atoms with Crippen LogP contribution in [0.2, 0.25) is 0 Å². The summed E-state index contributed by atoms with van der Waals surface area (Å²) in [4.78, 5) is 23.6. The summed E-state index contributed by atoms with van der Waals surface area (Å²) in [6.45, 7) is 8.97. The molecule has 0 saturated carbocycles. The van der Waals surface area contributed by atoms with E-state index in [0.717, 1.165) is 23.1 Å². The zero-order valence-electron chi connectivity index (χ0n) is 14.2. The van der Waals surface area contributed by atoms with E-state index in [2.05, 4.69) is 23.8 Å². The lowest BCUT2D eigenvalue weighted by Crippen LogP contribution is -2.16. The fourth-order valence-electron chi connectivity index (χ4n) is 3.12. The van der Waals surface area contributed by atoms with Gasteiger partial charge in [0.1, 0.15) is 11.4 Å². The van der Waals surface area contributed by atoms with E-state index in [-0.39, 0.29) is 17.6 Å². The number of aromatic nitrogens is 2. The zero-order valence-corrected chi connectivity index (χ0v) is 14.2. The molecule has 1 aromatic heterocycles. The van der Waals surface area contributed by atoms with E-state index in [1.807, 2.05) is 25.1 Å². The summed E-state index contributed by atoms with van der Waals surface area (Å²) in [5.74, 6) is -0.245. The van der Waals surface area contributed by atoms with Crippen molar-refractivity contribution in [2.75, 3.05) is 0 Å². The van der Waals surface area contributed by atoms with Gasteiger partial charge in [-0.3, -0.25) is 14.3 Å². The van der Waals surface area contributed by atoms with Gasteiger partial charge in [-0.25, -0.2) is 0 Å². The maximum absolute atomic E-state index is 12.0. The number of hydrogen-bond donors (Lipinski definition) is 0. The topological polar surface area (TPSA) is 52.0 Å². The van der Waals surface area contributed by atoms with Gasteiger partial charge in [-0.15, -0.1) is 0 Å². The van der Waals surface area contributed by atoms with Crippen LogP contribution in [0.25, 0.3) is 6.08 Å². The highest BCUT2D eigenvalue weighted by Gasteiger charge is 2.22. The van der Waals surface area contributed by atoms with E-state index >= 15 is 0 Å². The second-order valence-electron chi connectivity index (χ2n) is 6.24. The molecule has 0 N–H and O–H groups in total. The Hall–Kier alpha value is -2.75. The average Bonchev–Trinajstić information content (AvgIpc) is 2.99. The quantitative estimate of drug-likeness (QED) is 0.799. The summed E-state index contributed by atoms with van der Waals surface area (Å²) in [6, 6.07) is 7.58. The molecule has 24 heavy (non-hydrogen) atoms. The standard InChI is InChI=1S/C20H20N2O2/c1-12-8-9-18-16(10-12)6-5-7-17(18)13(2)22-20(15(4)24)11-19(21-22)14(3)23/h5-9,11,13H,1,10H2,2-4H3. The third kappa shape index (κ3) is 2.75. The maximum atomic E-state index is 12.0. The molecule has 0 spiro atoms. The van der Waals surface area contributed by atoms with Crippen molar-refractivity contribution >= 4 is 17.6 Å². The Bertz CT molecular complexity index is 887. The highest BCUT2D eigenvalue weighted by molar-refractivity contribution is 5.97. The first kappa shape index (κ1) is 16.1. The third-order valence-electron chi connectivity index (χ3n) is 4.41. The third-order valence-corrected chi connectivity index (χ3v) is 4.41. The van der Waals surface area contributed by atoms with Crippen molar-refractivity contribution in [1.82, 2.24) is 9.78 Å². The second-order valence-corrected chi connectivity index (χ2v) is 6.24. The van der Waals surface area contributed by atoms with Crippen LogP contribution in [0.4, 0.5) is 0 Å². The summed E-state index contributed by atoms with van der Waals surface area (Å²) in [6.07, 6.45) is 4.91. The van der Waals surface area contributed by atoms with Crippen molar-refractivity contribution in [2.45, 2.75) is 33.2 Å². The average molecular weight is 320 g/mol. The first-order chi connectivity index (χ1) is 11.4. The van der Waals surface area contributed by atoms with Crippen LogP contribution in [-0.4, -0.2) is 21.3 Å². The van der Waals surface area contributed by atoms with Crippen molar-refractivity contribution in [3.63, 3.8) is 0 Å². The smallest absolute Gasteiger partial charge is 0.180 e. The van der Waals surface area contributed by atoms with E-state index in [1.165, 1.54) is 19.4 Å². The normalized spacial score (nSPS) is 14.4. The summed E-state index contributed by atoms with van der Waals surface area (Å²) in [5, 5.41) is 4.38. The molecule has 1 atom stereocenters. The van der Waals surface area contributed by atoms with Crippen LogP contribution in [0, 0.1) is 0 Å². The largest absolute Gasteiger partial charge is 0.293 e. The van der Waals surface area contributed by atoms with Gasteiger partial charge >= 0.3 is 0 Å². The van der Waals surface area contributed by atoms with E-state index in [1.54, 1.807) is 10.7 Å². The Morgan fingerprint density at radius 3 is 2.62 bits per heavy atom. The molecule has 0 radical (unpaired) electrons. The lowest BCUT2D eigenvalue weighted by Gasteiger charge is -2.22. The van der Waals surface area contributed by atoms with Crippen LogP contribution < -0.4 is 0 Å². The first-order valence-corrected chi connectivity index (χ1v) is 7.97. The van der Waals surface area contributed by atoms with E-state index in [4.69, 9.17) is 0 Å². The number of nitrogens with zero attached hydrogens (tertiary/aromatic N) is 2. The van der Waals surface area contributed by atoms with Crippen molar-refractivity contribution in [3.8, 4) is 0 Å². The SMILES string of the molecule is C=C1C=Cc2c(cccc2C(C)n2nc(C(C)=O)cc2C(C)=O)C1. The molecule has 0 aliphatic heterocycles. The van der Waals surface area contributed by atoms with E-state index in [0.29, 0.717) is 11.4 Å². The Morgan fingerprint density at radius 2 is 1.96 bits per heavy atom. The van der Waals surface area contributed by atoms with Gasteiger partial charge in [0.2, 0.25) is 0 Å². The number of rotatable bonds is 4. The van der Waals surface area contributed by atoms with Crippen LogP contribution in [0.1, 0.15) is 64.5 Å². The number of hydrogen-bond acceptors (Lipinski definition) is 3. The first-order valence-electron chi connectivity index (χ1n) is 7.97. The summed E-state index contributed by atoms with van der Waals surface area (Å²) >= 11 is 0. The lowest BCUT2D eigenvalue weighted by atomic mass is 9.89. The molecule has 0 fully saturated rings. The number of benzene rings is 1. The van der Waals surface area contributed by atoms with Crippen LogP contribution in [0.5, 0.6) is 0 Å². The summed E-state index contributed by atoms with van der Waals surface area (Å²) in [7, 11) is 0. The van der Waals surface area contributed by atoms with Gasteiger partial charge in [0.25, 0.3) is 0 Å². The van der Waals surface area contributed by atoms with Gasteiger partial charge in [0.05, 0.1) is 6.04 Å². The van der Waals surface area contributed by atoms with E-state index < -0.39 is 0 Å². The van der Waals surface area contributed by atoms with Crippen molar-refractivity contribution < 1.29 is 9.59 Å². The zero-order chi connectivity index (χ0) is 17.4. The molecule has 1 unspecified atom stereocenters. The van der Waals surface area contributed by atoms with Crippen LogP contribution >= 0.6 is 0 Å². The molecule has 1 aliphatic carbocycles. The maximum Gasteiger partial charge on any atom is 0.180 e. The molecule has 0 saturated heterocycles. The van der Waals surface area contributed by atoms with Gasteiger partial charge < -0.3 is 0 Å². The number of carbonyl (C=O) groups excluding carboxylic acids is 2. The minimum absolute atomic E-state index is 0.101. The molecule has 2 aromatic rings. The highest BCUT2D eigenvalue weighted by Crippen LogP contribution is 2.31. The summed E-state index contributed by atoms with van der Waals surface area (Å²) in [5.41, 5.74) is 5.30. The van der Waals surface area contributed by atoms with Crippen LogP contribution in [-0.2, 0) is 6.42 Å². The number of Topliss-reactive ketones (excluding diaryl/α,β-unsaturated/α-hetero) is 2. The predicted molar refractivity (Wildman–Crippen MR) is 94.4 cm³/mol. The van der Waals surface area contributed by atoms with E-state index in [9.17, 15) is 9.59 Å². The Morgan fingerprint density at radius 1 is 1.21 bits per heavy atom. The molecule has 1 heterocycles. The van der Waals surface area contributed by atoms with Gasteiger partial charge in [0, 0.05) is 13.8 Å². The van der Waals surface area contributed by atoms with Gasteiger partial charge in [0.15, 0.2) is 11.6 Å². The molecular formula is C20H20N2O2. The fraction of sp³-hybridized carbons (Fsp3) is 0.250. The van der Waals surface area contributed by atoms with Gasteiger partial charge in [-0.2, -0.15) is 5.10 Å². The van der Waals surface area contributed by atoms with Crippen molar-refractivity contribution in [1.29, 1.82) is 0 Å². The Balaban J connectivity index is 2.12. The van der Waals surface area contributed by atoms with Crippen molar-refractivity contribution in [2.24, 2.45) is 0 Å². The second kappa shape index (κ2) is 6.04. The molecule has 122 valence electrons. The Labute approximate surface area is 141 Å². The van der Waals surface area contributed by atoms with Crippen molar-refractivity contribution in [3.05, 3.63) is 70.6 Å². The van der Waals surface area contributed by atoms with Crippen LogP contribution in [0.15, 0.2) is 42.5 Å². The number of allylic oxidation sites excluding steroid dienone is 2. The van der Waals surface area contributed by atoms with Gasteiger partial charge in [-0.1, -0.05) is 42.5 Å². The predicted octanol–water partition coefficient (Wildman–Crippen LogP) is 4.02. The minimum atomic E-state index is -0.150. The monoisotopic (exact) mass is 320 g/mol. The highest BCUT2D eigenvalue weighted by atomic mass is 16.1. The number of fused-ring (bicyclic) bond motifs is 1. The Kier molecular flexibility index (Phi) is 4.06. The van der Waals surface area contributed by atoms with Gasteiger partial charge in [-0.05, 0) is 36.1 Å². The molecule has 4 heteroatoms. The fourth-order valence-corrected chi connectivity index (χ4v) is 3.12. The van der Waals surface area contributed by atoms with Crippen LogP contribution in [0.3, 0.4) is 0 Å². The summed E-state index contributed by atoms with van der Waals surface area (Å²) < 4.78 is 1.66. The molecule has 3 rings (SSSR count). The number of carbonyl (C=O) groups is 2. The molecule has 0 amide bonds. The molecule has 4 nitrogen and oxygen atoms in total. The minimum Gasteiger partial charge on any atom is -0.293 e. The molecule has 0 bridgehead atoms. The molecule has 1 aliphatic rings. The number of ketones is 2. The lowest BCUT2D eigenvalue weighted by molar-refractivity contribution is 0.0995.